The number of pyridine rings is 1. The fraction of sp³-hybridized carbons (Fsp3) is 0.235. The number of aryl methyl sites for hydroxylation is 1. The van der Waals surface area contributed by atoms with Crippen LogP contribution in [-0.2, 0) is 11.2 Å². The molecule has 0 unspecified atom stereocenters. The van der Waals surface area contributed by atoms with E-state index in [4.69, 9.17) is 14.0 Å². The Morgan fingerprint density at radius 1 is 1.21 bits per heavy atom. The molecule has 0 saturated carbocycles. The van der Waals surface area contributed by atoms with E-state index < -0.39 is 0 Å². The van der Waals surface area contributed by atoms with Crippen molar-refractivity contribution < 1.29 is 18.8 Å². The monoisotopic (exact) mass is 327 g/mol. The molecule has 2 heterocycles. The molecular weight excluding hydrogens is 310 g/mol. The highest BCUT2D eigenvalue weighted by molar-refractivity contribution is 5.93. The number of carbonyl (C=O) groups excluding carboxylic acids is 1. The van der Waals surface area contributed by atoms with Crippen molar-refractivity contribution in [3.63, 3.8) is 0 Å². The summed E-state index contributed by atoms with van der Waals surface area (Å²) in [6, 6.07) is 9.14. The number of methoxy groups -OCH3 is 2. The van der Waals surface area contributed by atoms with Crippen LogP contribution in [0.3, 0.4) is 0 Å². The predicted molar refractivity (Wildman–Crippen MR) is 88.3 cm³/mol. The van der Waals surface area contributed by atoms with Crippen LogP contribution in [0.1, 0.15) is 12.2 Å². The predicted octanol–water partition coefficient (Wildman–Crippen LogP) is 2.81. The number of hydrogen-bond acceptors (Lipinski definition) is 6. The lowest BCUT2D eigenvalue weighted by atomic mass is 10.2. The fourth-order valence-corrected chi connectivity index (χ4v) is 2.26. The maximum Gasteiger partial charge on any atom is 0.254 e. The van der Waals surface area contributed by atoms with Crippen LogP contribution in [0.25, 0.3) is 10.9 Å². The van der Waals surface area contributed by atoms with Crippen LogP contribution >= 0.6 is 0 Å². The second-order valence-electron chi connectivity index (χ2n) is 5.17. The number of nitrogens with one attached hydrogen (secondary N) is 1. The van der Waals surface area contributed by atoms with Crippen LogP contribution in [0.15, 0.2) is 41.1 Å². The quantitative estimate of drug-likeness (QED) is 0.749. The van der Waals surface area contributed by atoms with Gasteiger partial charge in [-0.05, 0) is 23.4 Å². The van der Waals surface area contributed by atoms with E-state index in [0.29, 0.717) is 23.7 Å². The molecule has 2 aromatic heterocycles. The van der Waals surface area contributed by atoms with Gasteiger partial charge in [-0.2, -0.15) is 0 Å². The molecule has 3 aromatic rings. The molecule has 0 aliphatic rings. The average molecular weight is 327 g/mol. The minimum atomic E-state index is -0.125. The van der Waals surface area contributed by atoms with E-state index in [1.165, 1.54) is 7.11 Å². The van der Waals surface area contributed by atoms with Gasteiger partial charge in [0.25, 0.3) is 5.88 Å². The summed E-state index contributed by atoms with van der Waals surface area (Å²) in [5.41, 5.74) is 1.45. The van der Waals surface area contributed by atoms with Gasteiger partial charge in [0, 0.05) is 30.4 Å². The second-order valence-corrected chi connectivity index (χ2v) is 5.17. The SMILES string of the molecule is COc1ccc2cc(NC(=O)CCc3cc(OC)no3)cnc2c1. The van der Waals surface area contributed by atoms with Gasteiger partial charge in [0.15, 0.2) is 0 Å². The molecule has 0 aliphatic heterocycles. The highest BCUT2D eigenvalue weighted by Crippen LogP contribution is 2.21. The third kappa shape index (κ3) is 3.62. The number of fused-ring (bicyclic) bond motifs is 1. The van der Waals surface area contributed by atoms with Gasteiger partial charge >= 0.3 is 0 Å². The molecule has 0 fully saturated rings. The third-order valence-electron chi connectivity index (χ3n) is 3.52. The van der Waals surface area contributed by atoms with E-state index in [1.807, 2.05) is 24.3 Å². The average Bonchev–Trinajstić information content (AvgIpc) is 3.07. The van der Waals surface area contributed by atoms with E-state index >= 15 is 0 Å². The van der Waals surface area contributed by atoms with Crippen molar-refractivity contribution in [3.8, 4) is 11.6 Å². The molecule has 0 spiro atoms. The number of hydrogen-bond donors (Lipinski definition) is 1. The number of amides is 1. The summed E-state index contributed by atoms with van der Waals surface area (Å²) in [5.74, 6) is 1.62. The molecule has 0 saturated heterocycles. The van der Waals surface area contributed by atoms with Crippen LogP contribution < -0.4 is 14.8 Å². The van der Waals surface area contributed by atoms with E-state index in [9.17, 15) is 4.79 Å². The topological polar surface area (TPSA) is 86.5 Å². The summed E-state index contributed by atoms with van der Waals surface area (Å²) < 4.78 is 15.2. The Morgan fingerprint density at radius 2 is 2.08 bits per heavy atom. The lowest BCUT2D eigenvalue weighted by Crippen LogP contribution is -2.12. The maximum atomic E-state index is 12.0. The largest absolute Gasteiger partial charge is 0.497 e. The standard InChI is InChI=1S/C17H17N3O4/c1-22-13-4-3-11-7-12(10-18-15(11)8-13)19-16(21)6-5-14-9-17(23-2)20-24-14/h3-4,7-10H,5-6H2,1-2H3,(H,19,21). The van der Waals surface area contributed by atoms with E-state index in [2.05, 4.69) is 15.5 Å². The molecule has 7 heteroatoms. The van der Waals surface area contributed by atoms with Crippen LogP contribution in [0.2, 0.25) is 0 Å². The zero-order chi connectivity index (χ0) is 16.9. The number of aromatic nitrogens is 2. The van der Waals surface area contributed by atoms with Crippen molar-refractivity contribution in [3.05, 3.63) is 42.3 Å². The maximum absolute atomic E-state index is 12.0. The minimum absolute atomic E-state index is 0.125. The number of carbonyl (C=O) groups is 1. The molecule has 3 rings (SSSR count). The van der Waals surface area contributed by atoms with Gasteiger partial charge < -0.3 is 19.3 Å². The zero-order valence-electron chi connectivity index (χ0n) is 13.4. The number of ether oxygens (including phenoxy) is 2. The number of benzene rings is 1. The summed E-state index contributed by atoms with van der Waals surface area (Å²) in [7, 11) is 3.12. The molecule has 24 heavy (non-hydrogen) atoms. The highest BCUT2D eigenvalue weighted by atomic mass is 16.5. The molecule has 0 bridgehead atoms. The first-order chi connectivity index (χ1) is 11.7. The van der Waals surface area contributed by atoms with Crippen molar-refractivity contribution >= 4 is 22.5 Å². The molecule has 1 amide bonds. The molecular formula is C17H17N3O4. The number of nitrogens with zero attached hydrogens (tertiary/aromatic N) is 2. The van der Waals surface area contributed by atoms with Crippen molar-refractivity contribution in [2.24, 2.45) is 0 Å². The fourth-order valence-electron chi connectivity index (χ4n) is 2.26. The van der Waals surface area contributed by atoms with Gasteiger partial charge in [-0.3, -0.25) is 9.78 Å². The van der Waals surface area contributed by atoms with Gasteiger partial charge in [-0.1, -0.05) is 0 Å². The Labute approximate surface area is 138 Å². The summed E-state index contributed by atoms with van der Waals surface area (Å²) in [6.07, 6.45) is 2.34. The first-order valence-corrected chi connectivity index (χ1v) is 7.41. The van der Waals surface area contributed by atoms with Crippen molar-refractivity contribution in [1.29, 1.82) is 0 Å². The summed E-state index contributed by atoms with van der Waals surface area (Å²) >= 11 is 0. The summed E-state index contributed by atoms with van der Waals surface area (Å²) in [4.78, 5) is 16.4. The van der Waals surface area contributed by atoms with E-state index in [1.54, 1.807) is 19.4 Å². The summed E-state index contributed by atoms with van der Waals surface area (Å²) in [5, 5.41) is 7.45. The van der Waals surface area contributed by atoms with Crippen LogP contribution in [0.5, 0.6) is 11.6 Å². The lowest BCUT2D eigenvalue weighted by molar-refractivity contribution is -0.116. The molecule has 124 valence electrons. The molecule has 7 nitrogen and oxygen atoms in total. The molecule has 1 aromatic carbocycles. The van der Waals surface area contributed by atoms with Crippen LogP contribution in [-0.4, -0.2) is 30.3 Å². The Morgan fingerprint density at radius 3 is 2.83 bits per heavy atom. The van der Waals surface area contributed by atoms with Gasteiger partial charge in [-0.15, -0.1) is 0 Å². The van der Waals surface area contributed by atoms with Gasteiger partial charge in [0.2, 0.25) is 5.91 Å². The van der Waals surface area contributed by atoms with Crippen LogP contribution in [0, 0.1) is 0 Å². The highest BCUT2D eigenvalue weighted by Gasteiger charge is 2.09. The Bertz CT molecular complexity index is 860. The minimum Gasteiger partial charge on any atom is -0.497 e. The lowest BCUT2D eigenvalue weighted by Gasteiger charge is -2.06. The number of anilines is 1. The van der Waals surface area contributed by atoms with E-state index in [-0.39, 0.29) is 12.3 Å². The number of rotatable bonds is 6. The second kappa shape index (κ2) is 6.99. The Hall–Kier alpha value is -3.09. The van der Waals surface area contributed by atoms with E-state index in [0.717, 1.165) is 16.7 Å². The smallest absolute Gasteiger partial charge is 0.254 e. The molecule has 0 aliphatic carbocycles. The van der Waals surface area contributed by atoms with Crippen molar-refractivity contribution in [2.75, 3.05) is 19.5 Å². The summed E-state index contributed by atoms with van der Waals surface area (Å²) in [6.45, 7) is 0. The molecule has 0 atom stereocenters. The van der Waals surface area contributed by atoms with Gasteiger partial charge in [-0.25, -0.2) is 0 Å². The third-order valence-corrected chi connectivity index (χ3v) is 3.52. The molecule has 1 N–H and O–H groups in total. The Kier molecular flexibility index (Phi) is 4.60. The van der Waals surface area contributed by atoms with Crippen molar-refractivity contribution in [1.82, 2.24) is 10.1 Å². The first-order valence-electron chi connectivity index (χ1n) is 7.41. The molecule has 0 radical (unpaired) electrons. The van der Waals surface area contributed by atoms with Crippen LogP contribution in [0.4, 0.5) is 5.69 Å². The first kappa shape index (κ1) is 15.8. The zero-order valence-corrected chi connectivity index (χ0v) is 13.4. The van der Waals surface area contributed by atoms with Crippen molar-refractivity contribution in [2.45, 2.75) is 12.8 Å². The Balaban J connectivity index is 1.62. The van der Waals surface area contributed by atoms with Gasteiger partial charge in [0.1, 0.15) is 11.5 Å². The van der Waals surface area contributed by atoms with Gasteiger partial charge in [0.05, 0.1) is 31.6 Å². The normalized spacial score (nSPS) is 10.6.